The Labute approximate surface area is 83.1 Å². The molecular formula is C9H13N5. The van der Waals surface area contributed by atoms with Crippen LogP contribution in [0, 0.1) is 11.3 Å². The molecule has 1 rings (SSSR count). The largest absolute Gasteiger partial charge is 0.373 e. The number of hydrogen-bond donors (Lipinski definition) is 2. The van der Waals surface area contributed by atoms with Gasteiger partial charge in [0.25, 0.3) is 0 Å². The highest BCUT2D eigenvalue weighted by molar-refractivity contribution is 5.52. The lowest BCUT2D eigenvalue weighted by Crippen LogP contribution is -2.18. The molecule has 0 saturated carbocycles. The number of pyridine rings is 1. The van der Waals surface area contributed by atoms with E-state index in [1.807, 2.05) is 24.1 Å². The Morgan fingerprint density at radius 3 is 3.14 bits per heavy atom. The lowest BCUT2D eigenvalue weighted by molar-refractivity contribution is 0.903. The minimum absolute atomic E-state index is 0.504. The molecule has 5 nitrogen and oxygen atoms in total. The van der Waals surface area contributed by atoms with Crippen molar-refractivity contribution in [1.82, 2.24) is 4.98 Å². The van der Waals surface area contributed by atoms with Crippen molar-refractivity contribution < 1.29 is 0 Å². The number of nitrogen functional groups attached to an aromatic ring is 1. The molecule has 0 aliphatic heterocycles. The highest BCUT2D eigenvalue weighted by atomic mass is 15.2. The fourth-order valence-electron chi connectivity index (χ4n) is 1.08. The van der Waals surface area contributed by atoms with Crippen LogP contribution < -0.4 is 16.2 Å². The third kappa shape index (κ3) is 2.61. The van der Waals surface area contributed by atoms with Gasteiger partial charge in [-0.25, -0.2) is 10.8 Å². The first-order valence-corrected chi connectivity index (χ1v) is 4.28. The van der Waals surface area contributed by atoms with Gasteiger partial charge in [-0.3, -0.25) is 0 Å². The molecule has 1 aromatic heterocycles. The minimum atomic E-state index is 0.504. The zero-order valence-corrected chi connectivity index (χ0v) is 8.07. The van der Waals surface area contributed by atoms with Gasteiger partial charge in [-0.1, -0.05) is 0 Å². The molecule has 5 heteroatoms. The lowest BCUT2D eigenvalue weighted by Gasteiger charge is -2.17. The maximum absolute atomic E-state index is 8.44. The van der Waals surface area contributed by atoms with Gasteiger partial charge in [-0.2, -0.15) is 5.26 Å². The zero-order valence-electron chi connectivity index (χ0n) is 8.07. The van der Waals surface area contributed by atoms with Gasteiger partial charge >= 0.3 is 0 Å². The van der Waals surface area contributed by atoms with E-state index < -0.39 is 0 Å². The standard InChI is InChI=1S/C9H13N5/c1-14(6-2-4-10)8-3-5-12-9(7-8)13-11/h3,5,7H,2,6,11H2,1H3,(H,12,13). The summed E-state index contributed by atoms with van der Waals surface area (Å²) >= 11 is 0. The van der Waals surface area contributed by atoms with Gasteiger partial charge in [0, 0.05) is 31.5 Å². The summed E-state index contributed by atoms with van der Waals surface area (Å²) in [5.41, 5.74) is 3.46. The van der Waals surface area contributed by atoms with Crippen LogP contribution in [-0.2, 0) is 0 Å². The summed E-state index contributed by atoms with van der Waals surface area (Å²) in [7, 11) is 1.92. The molecular weight excluding hydrogens is 178 g/mol. The molecule has 1 aromatic rings. The molecule has 1 heterocycles. The number of nitrogens with one attached hydrogen (secondary N) is 1. The van der Waals surface area contributed by atoms with E-state index >= 15 is 0 Å². The quantitative estimate of drug-likeness (QED) is 0.541. The monoisotopic (exact) mass is 191 g/mol. The van der Waals surface area contributed by atoms with Crippen molar-refractivity contribution in [2.24, 2.45) is 5.84 Å². The van der Waals surface area contributed by atoms with Crippen LogP contribution in [0.4, 0.5) is 11.5 Å². The van der Waals surface area contributed by atoms with Crippen molar-refractivity contribution in [2.45, 2.75) is 6.42 Å². The Hall–Kier alpha value is -1.80. The number of anilines is 2. The molecule has 0 aliphatic carbocycles. The minimum Gasteiger partial charge on any atom is -0.373 e. The fraction of sp³-hybridized carbons (Fsp3) is 0.333. The van der Waals surface area contributed by atoms with Crippen molar-refractivity contribution in [2.75, 3.05) is 23.9 Å². The summed E-state index contributed by atoms with van der Waals surface area (Å²) in [4.78, 5) is 5.97. The molecule has 14 heavy (non-hydrogen) atoms. The first-order valence-electron chi connectivity index (χ1n) is 4.28. The Bertz CT molecular complexity index is 330. The maximum atomic E-state index is 8.44. The fourth-order valence-corrected chi connectivity index (χ4v) is 1.08. The van der Waals surface area contributed by atoms with Gasteiger partial charge < -0.3 is 10.3 Å². The average Bonchev–Trinajstić information content (AvgIpc) is 2.26. The van der Waals surface area contributed by atoms with E-state index in [9.17, 15) is 0 Å². The van der Waals surface area contributed by atoms with Crippen molar-refractivity contribution in [1.29, 1.82) is 5.26 Å². The molecule has 3 N–H and O–H groups in total. The summed E-state index contributed by atoms with van der Waals surface area (Å²) < 4.78 is 0. The van der Waals surface area contributed by atoms with Crippen LogP contribution in [0.1, 0.15) is 6.42 Å². The van der Waals surface area contributed by atoms with Gasteiger partial charge in [0.15, 0.2) is 0 Å². The van der Waals surface area contributed by atoms with Crippen LogP contribution in [0.15, 0.2) is 18.3 Å². The first kappa shape index (κ1) is 10.3. The van der Waals surface area contributed by atoms with E-state index in [0.717, 1.165) is 5.69 Å². The number of hydrazine groups is 1. The van der Waals surface area contributed by atoms with Gasteiger partial charge in [-0.15, -0.1) is 0 Å². The highest BCUT2D eigenvalue weighted by Crippen LogP contribution is 2.14. The van der Waals surface area contributed by atoms with Crippen molar-refractivity contribution >= 4 is 11.5 Å². The molecule has 0 amide bonds. The molecule has 0 radical (unpaired) electrons. The van der Waals surface area contributed by atoms with Crippen LogP contribution in [-0.4, -0.2) is 18.6 Å². The van der Waals surface area contributed by atoms with Crippen molar-refractivity contribution in [3.05, 3.63) is 18.3 Å². The van der Waals surface area contributed by atoms with Crippen LogP contribution in [0.5, 0.6) is 0 Å². The van der Waals surface area contributed by atoms with E-state index in [1.54, 1.807) is 6.20 Å². The second-order valence-corrected chi connectivity index (χ2v) is 2.87. The zero-order chi connectivity index (χ0) is 10.4. The molecule has 0 spiro atoms. The number of aromatic nitrogens is 1. The van der Waals surface area contributed by atoms with Gasteiger partial charge in [0.1, 0.15) is 5.82 Å². The number of nitrogens with zero attached hydrogens (tertiary/aromatic N) is 3. The molecule has 0 aromatic carbocycles. The second-order valence-electron chi connectivity index (χ2n) is 2.87. The predicted molar refractivity (Wildman–Crippen MR) is 55.5 cm³/mol. The van der Waals surface area contributed by atoms with E-state index in [1.165, 1.54) is 0 Å². The molecule has 0 atom stereocenters. The molecule has 0 saturated heterocycles. The Kier molecular flexibility index (Phi) is 3.70. The van der Waals surface area contributed by atoms with Crippen LogP contribution >= 0.6 is 0 Å². The number of nitrogens with two attached hydrogens (primary N) is 1. The van der Waals surface area contributed by atoms with Crippen LogP contribution in [0.25, 0.3) is 0 Å². The van der Waals surface area contributed by atoms with Gasteiger partial charge in [0.05, 0.1) is 12.5 Å². The molecule has 0 bridgehead atoms. The summed E-state index contributed by atoms with van der Waals surface area (Å²) in [5.74, 6) is 5.85. The second kappa shape index (κ2) is 5.04. The Morgan fingerprint density at radius 2 is 2.50 bits per heavy atom. The SMILES string of the molecule is CN(CCC#N)c1ccnc(NN)c1. The highest BCUT2D eigenvalue weighted by Gasteiger charge is 2.01. The molecule has 0 unspecified atom stereocenters. The van der Waals surface area contributed by atoms with E-state index in [2.05, 4.69) is 16.5 Å². The predicted octanol–water partition coefficient (Wildman–Crippen LogP) is 0.717. The Balaban J connectivity index is 2.70. The molecule has 0 aliphatic rings. The topological polar surface area (TPSA) is 78.0 Å². The maximum Gasteiger partial charge on any atom is 0.141 e. The summed E-state index contributed by atoms with van der Waals surface area (Å²) in [5, 5.41) is 8.44. The summed E-state index contributed by atoms with van der Waals surface area (Å²) in [6.45, 7) is 0.699. The lowest BCUT2D eigenvalue weighted by atomic mass is 10.3. The number of rotatable bonds is 4. The van der Waals surface area contributed by atoms with E-state index in [-0.39, 0.29) is 0 Å². The van der Waals surface area contributed by atoms with E-state index in [4.69, 9.17) is 11.1 Å². The van der Waals surface area contributed by atoms with Gasteiger partial charge in [-0.05, 0) is 6.07 Å². The van der Waals surface area contributed by atoms with Crippen LogP contribution in [0.2, 0.25) is 0 Å². The van der Waals surface area contributed by atoms with E-state index in [0.29, 0.717) is 18.8 Å². The smallest absolute Gasteiger partial charge is 0.141 e. The average molecular weight is 191 g/mol. The van der Waals surface area contributed by atoms with Crippen molar-refractivity contribution in [3.63, 3.8) is 0 Å². The van der Waals surface area contributed by atoms with Crippen molar-refractivity contribution in [3.8, 4) is 6.07 Å². The molecule has 0 fully saturated rings. The normalized spacial score (nSPS) is 9.21. The third-order valence-electron chi connectivity index (χ3n) is 1.89. The third-order valence-corrected chi connectivity index (χ3v) is 1.89. The van der Waals surface area contributed by atoms with Gasteiger partial charge in [0.2, 0.25) is 0 Å². The summed E-state index contributed by atoms with van der Waals surface area (Å²) in [6, 6.07) is 5.80. The first-order chi connectivity index (χ1) is 6.77. The van der Waals surface area contributed by atoms with Crippen LogP contribution in [0.3, 0.4) is 0 Å². The molecule has 74 valence electrons. The Morgan fingerprint density at radius 1 is 1.71 bits per heavy atom. The number of nitriles is 1. The number of hydrogen-bond acceptors (Lipinski definition) is 5. The summed E-state index contributed by atoms with van der Waals surface area (Å²) in [6.07, 6.45) is 2.18.